The van der Waals surface area contributed by atoms with Gasteiger partial charge in [-0.15, -0.1) is 4.13 Å². The Labute approximate surface area is 120 Å². The molecule has 0 atom stereocenters. The molecule has 0 amide bonds. The van der Waals surface area contributed by atoms with E-state index in [0.717, 1.165) is 11.1 Å². The molecule has 1 aromatic carbocycles. The van der Waals surface area contributed by atoms with Gasteiger partial charge < -0.3 is 0 Å². The van der Waals surface area contributed by atoms with E-state index in [4.69, 9.17) is 23.2 Å². The summed E-state index contributed by atoms with van der Waals surface area (Å²) in [4.78, 5) is 0. The van der Waals surface area contributed by atoms with Crippen LogP contribution in [0.4, 0.5) is 10.1 Å². The molecule has 1 aromatic rings. The van der Waals surface area contributed by atoms with Crippen LogP contribution < -0.4 is 8.85 Å². The first-order chi connectivity index (χ1) is 8.11. The van der Waals surface area contributed by atoms with Crippen LogP contribution in [0.1, 0.15) is 11.1 Å². The highest BCUT2D eigenvalue weighted by atomic mass is 35.5. The smallest absolute Gasteiger partial charge is 0.270 e. The minimum atomic E-state index is -3.95. The number of halogens is 3. The third kappa shape index (κ3) is 5.19. The molecule has 0 fully saturated rings. The van der Waals surface area contributed by atoms with Crippen molar-refractivity contribution in [2.45, 2.75) is 17.8 Å². The van der Waals surface area contributed by atoms with Crippen LogP contribution in [0.5, 0.6) is 0 Å². The van der Waals surface area contributed by atoms with Gasteiger partial charge in [0.15, 0.2) is 0 Å². The molecule has 0 spiro atoms. The number of hydrogen-bond donors (Lipinski definition) is 2. The zero-order valence-electron chi connectivity index (χ0n) is 9.50. The quantitative estimate of drug-likeness (QED) is 0.642. The summed E-state index contributed by atoms with van der Waals surface area (Å²) in [5, 5.41) is 0. The van der Waals surface area contributed by atoms with E-state index >= 15 is 0 Å². The summed E-state index contributed by atoms with van der Waals surface area (Å²) in [7, 11) is -3.95. The molecular weight excluding hydrogens is 322 g/mol. The van der Waals surface area contributed by atoms with E-state index in [9.17, 15) is 12.8 Å². The first kappa shape index (κ1) is 15.8. The van der Waals surface area contributed by atoms with Crippen LogP contribution in [0.25, 0.3) is 0 Å². The van der Waals surface area contributed by atoms with Crippen LogP contribution >= 0.6 is 35.1 Å². The van der Waals surface area contributed by atoms with Crippen molar-refractivity contribution < 1.29 is 12.8 Å². The molecule has 0 aliphatic rings. The Kier molecular flexibility index (Phi) is 5.13. The Balaban J connectivity index is 2.80. The van der Waals surface area contributed by atoms with Gasteiger partial charge in [0.25, 0.3) is 0 Å². The van der Waals surface area contributed by atoms with Crippen molar-refractivity contribution in [3.8, 4) is 0 Å². The van der Waals surface area contributed by atoms with Crippen LogP contribution in [0.3, 0.4) is 0 Å². The lowest BCUT2D eigenvalue weighted by molar-refractivity contribution is 0.514. The number of hydrogen-bond acceptors (Lipinski definition) is 3. The van der Waals surface area contributed by atoms with Gasteiger partial charge in [-0.3, -0.25) is 4.72 Å². The third-order valence-corrected chi connectivity index (χ3v) is 4.51. The maximum Gasteiger partial charge on any atom is 0.319 e. The zero-order chi connectivity index (χ0) is 14.0. The molecule has 0 unspecified atom stereocenters. The van der Waals surface area contributed by atoms with Crippen molar-refractivity contribution in [1.82, 2.24) is 4.13 Å². The molecule has 18 heavy (non-hydrogen) atoms. The first-order valence-corrected chi connectivity index (χ1v) is 7.77. The molecule has 4 nitrogen and oxygen atoms in total. The zero-order valence-corrected chi connectivity index (χ0v) is 12.6. The SMILES string of the molecule is Cc1cccc(NS(=O)(=O)NSC(F)(Cl)Cl)c1C. The van der Waals surface area contributed by atoms with Crippen LogP contribution in [-0.4, -0.2) is 12.3 Å². The van der Waals surface area contributed by atoms with E-state index in [-0.39, 0.29) is 11.9 Å². The average Bonchev–Trinajstić information content (AvgIpc) is 2.21. The molecule has 2 N–H and O–H groups in total. The lowest BCUT2D eigenvalue weighted by Crippen LogP contribution is -2.27. The van der Waals surface area contributed by atoms with Crippen molar-refractivity contribution in [2.75, 3.05) is 4.72 Å². The maximum absolute atomic E-state index is 12.7. The second-order valence-electron chi connectivity index (χ2n) is 3.48. The lowest BCUT2D eigenvalue weighted by Gasteiger charge is -2.14. The molecule has 0 bridgehead atoms. The molecule has 0 aliphatic heterocycles. The van der Waals surface area contributed by atoms with Gasteiger partial charge in [-0.1, -0.05) is 35.3 Å². The largest absolute Gasteiger partial charge is 0.319 e. The normalized spacial score (nSPS) is 12.5. The second-order valence-corrected chi connectivity index (χ2v) is 7.81. The summed E-state index contributed by atoms with van der Waals surface area (Å²) in [5.41, 5.74) is 2.10. The van der Waals surface area contributed by atoms with Crippen LogP contribution in [0.2, 0.25) is 0 Å². The summed E-state index contributed by atoms with van der Waals surface area (Å²) in [6.45, 7) is 3.61. The van der Waals surface area contributed by atoms with E-state index in [2.05, 4.69) is 4.72 Å². The minimum Gasteiger partial charge on any atom is -0.270 e. The van der Waals surface area contributed by atoms with Gasteiger partial charge in [0.05, 0.1) is 5.69 Å². The number of anilines is 1. The molecular formula is C9H11Cl2FN2O2S2. The number of rotatable bonds is 5. The summed E-state index contributed by atoms with van der Waals surface area (Å²) in [6, 6.07) is 5.14. The molecule has 0 aliphatic carbocycles. The molecule has 102 valence electrons. The number of benzene rings is 1. The predicted molar refractivity (Wildman–Crippen MR) is 74.7 cm³/mol. The maximum atomic E-state index is 12.7. The lowest BCUT2D eigenvalue weighted by atomic mass is 10.1. The van der Waals surface area contributed by atoms with E-state index in [1.807, 2.05) is 17.1 Å². The van der Waals surface area contributed by atoms with E-state index in [1.54, 1.807) is 19.1 Å². The second kappa shape index (κ2) is 5.83. The van der Waals surface area contributed by atoms with Gasteiger partial charge >= 0.3 is 14.1 Å². The highest BCUT2D eigenvalue weighted by Crippen LogP contribution is 2.34. The average molecular weight is 333 g/mol. The van der Waals surface area contributed by atoms with Gasteiger partial charge in [-0.2, -0.15) is 12.8 Å². The fourth-order valence-electron chi connectivity index (χ4n) is 1.13. The third-order valence-electron chi connectivity index (χ3n) is 2.12. The molecule has 0 radical (unpaired) electrons. The summed E-state index contributed by atoms with van der Waals surface area (Å²) >= 11 is 10.0. The number of aryl methyl sites for hydroxylation is 1. The minimum absolute atomic E-state index is 0.0336. The Morgan fingerprint density at radius 1 is 1.33 bits per heavy atom. The molecule has 0 aromatic heterocycles. The molecule has 0 saturated heterocycles. The number of nitrogens with one attached hydrogen (secondary N) is 2. The highest BCUT2D eigenvalue weighted by molar-refractivity contribution is 8.11. The fraction of sp³-hybridized carbons (Fsp3) is 0.333. The fourth-order valence-corrected chi connectivity index (χ4v) is 3.19. The van der Waals surface area contributed by atoms with E-state index in [0.29, 0.717) is 5.69 Å². The highest BCUT2D eigenvalue weighted by Gasteiger charge is 2.26. The van der Waals surface area contributed by atoms with Crippen molar-refractivity contribution in [3.05, 3.63) is 29.3 Å². The van der Waals surface area contributed by atoms with Crippen molar-refractivity contribution >= 4 is 51.0 Å². The Hall–Kier alpha value is -0.210. The van der Waals surface area contributed by atoms with Gasteiger partial charge in [-0.25, -0.2) is 0 Å². The molecule has 9 heteroatoms. The summed E-state index contributed by atoms with van der Waals surface area (Å²) < 4.78 is 37.3. The van der Waals surface area contributed by atoms with Crippen molar-refractivity contribution in [3.63, 3.8) is 0 Å². The Morgan fingerprint density at radius 2 is 1.94 bits per heavy atom. The van der Waals surface area contributed by atoms with Crippen LogP contribution in [0.15, 0.2) is 18.2 Å². The monoisotopic (exact) mass is 332 g/mol. The Bertz CT molecular complexity index is 532. The summed E-state index contributed by atoms with van der Waals surface area (Å²) in [5.74, 6) is 0. The van der Waals surface area contributed by atoms with Crippen molar-refractivity contribution in [2.24, 2.45) is 0 Å². The molecule has 0 heterocycles. The first-order valence-electron chi connectivity index (χ1n) is 4.71. The topological polar surface area (TPSA) is 58.2 Å². The van der Waals surface area contributed by atoms with Gasteiger partial charge in [0, 0.05) is 11.9 Å². The van der Waals surface area contributed by atoms with Crippen LogP contribution in [-0.2, 0) is 10.2 Å². The molecule has 1 rings (SSSR count). The standard InChI is InChI=1S/C9H11Cl2FN2O2S2/c1-6-4-3-5-8(7(6)2)13-18(15,16)14-17-9(10,11)12/h3-5,13-14H,1-2H3. The van der Waals surface area contributed by atoms with E-state index < -0.39 is 14.1 Å². The molecule has 0 saturated carbocycles. The van der Waals surface area contributed by atoms with Gasteiger partial charge in [0.1, 0.15) is 0 Å². The van der Waals surface area contributed by atoms with Crippen LogP contribution in [0, 0.1) is 13.8 Å². The van der Waals surface area contributed by atoms with Crippen molar-refractivity contribution in [1.29, 1.82) is 0 Å². The summed E-state index contributed by atoms with van der Waals surface area (Å²) in [6.07, 6.45) is 0. The van der Waals surface area contributed by atoms with Gasteiger partial charge in [0.2, 0.25) is 0 Å². The predicted octanol–water partition coefficient (Wildman–Crippen LogP) is 3.26. The number of alkyl halides is 3. The van der Waals surface area contributed by atoms with Gasteiger partial charge in [-0.05, 0) is 31.0 Å². The van der Waals surface area contributed by atoms with E-state index in [1.165, 1.54) is 0 Å². The Morgan fingerprint density at radius 3 is 2.50 bits per heavy atom.